The molecule has 1 fully saturated rings. The third kappa shape index (κ3) is 5.66. The van der Waals surface area contributed by atoms with E-state index in [4.69, 9.17) is 0 Å². The van der Waals surface area contributed by atoms with Gasteiger partial charge in [-0.2, -0.15) is 0 Å². The van der Waals surface area contributed by atoms with E-state index in [1.54, 1.807) is 6.20 Å². The number of urea groups is 1. The summed E-state index contributed by atoms with van der Waals surface area (Å²) in [6.45, 7) is 6.31. The van der Waals surface area contributed by atoms with E-state index in [0.717, 1.165) is 44.7 Å². The van der Waals surface area contributed by atoms with Gasteiger partial charge in [0.25, 0.3) is 0 Å². The molecule has 0 aliphatic carbocycles. The molecule has 0 spiro atoms. The number of carbonyl (C=O) groups is 1. The molecule has 2 heterocycles. The standard InChI is InChI=1S/C22H28N4O/c1-2-21(20-11-6-12-23-18-20)24-22(27)26-16-14-25(15-17-26)13-7-10-19-8-4-3-5-9-19/h3-12,18,21H,2,13-17H2,1H3,(H,24,27). The lowest BCUT2D eigenvalue weighted by Gasteiger charge is -2.35. The van der Waals surface area contributed by atoms with Gasteiger partial charge in [0.15, 0.2) is 0 Å². The maximum absolute atomic E-state index is 12.6. The van der Waals surface area contributed by atoms with Gasteiger partial charge in [-0.3, -0.25) is 9.88 Å². The third-order valence-corrected chi connectivity index (χ3v) is 4.93. The summed E-state index contributed by atoms with van der Waals surface area (Å²) in [5, 5.41) is 3.15. The van der Waals surface area contributed by atoms with Crippen LogP contribution in [0, 0.1) is 0 Å². The fourth-order valence-electron chi connectivity index (χ4n) is 3.28. The zero-order valence-corrected chi connectivity index (χ0v) is 15.9. The Balaban J connectivity index is 1.44. The second kappa shape index (κ2) is 9.88. The number of amides is 2. The zero-order valence-electron chi connectivity index (χ0n) is 15.9. The minimum Gasteiger partial charge on any atom is -0.331 e. The van der Waals surface area contributed by atoms with Gasteiger partial charge in [-0.15, -0.1) is 0 Å². The molecule has 1 aromatic carbocycles. The van der Waals surface area contributed by atoms with Crippen molar-refractivity contribution < 1.29 is 4.79 Å². The lowest BCUT2D eigenvalue weighted by atomic mass is 10.1. The van der Waals surface area contributed by atoms with Gasteiger partial charge in [-0.05, 0) is 23.6 Å². The number of carbonyl (C=O) groups excluding carboxylic acids is 1. The number of hydrogen-bond donors (Lipinski definition) is 1. The number of hydrogen-bond acceptors (Lipinski definition) is 3. The van der Waals surface area contributed by atoms with Gasteiger partial charge in [0.2, 0.25) is 0 Å². The normalized spacial score (nSPS) is 16.4. The minimum atomic E-state index is 0.0121. The average molecular weight is 364 g/mol. The molecule has 0 bridgehead atoms. The molecule has 1 N–H and O–H groups in total. The number of rotatable bonds is 6. The maximum Gasteiger partial charge on any atom is 0.317 e. The Kier molecular flexibility index (Phi) is 6.99. The highest BCUT2D eigenvalue weighted by molar-refractivity contribution is 5.74. The van der Waals surface area contributed by atoms with Gasteiger partial charge >= 0.3 is 6.03 Å². The van der Waals surface area contributed by atoms with Crippen molar-refractivity contribution in [3.05, 3.63) is 72.1 Å². The molecule has 1 saturated heterocycles. The van der Waals surface area contributed by atoms with E-state index in [1.165, 1.54) is 5.56 Å². The molecule has 1 atom stereocenters. The van der Waals surface area contributed by atoms with Crippen molar-refractivity contribution in [2.75, 3.05) is 32.7 Å². The molecule has 27 heavy (non-hydrogen) atoms. The Labute approximate surface area is 161 Å². The van der Waals surface area contributed by atoms with Crippen LogP contribution in [0.15, 0.2) is 60.9 Å². The fraction of sp³-hybridized carbons (Fsp3) is 0.364. The number of piperazine rings is 1. The first-order valence-electron chi connectivity index (χ1n) is 9.65. The summed E-state index contributed by atoms with van der Waals surface area (Å²) in [7, 11) is 0. The predicted molar refractivity (Wildman–Crippen MR) is 109 cm³/mol. The highest BCUT2D eigenvalue weighted by Gasteiger charge is 2.22. The van der Waals surface area contributed by atoms with E-state index >= 15 is 0 Å². The van der Waals surface area contributed by atoms with E-state index in [1.807, 2.05) is 41.4 Å². The van der Waals surface area contributed by atoms with Crippen LogP contribution in [-0.2, 0) is 0 Å². The van der Waals surface area contributed by atoms with Crippen LogP contribution in [0.5, 0.6) is 0 Å². The topological polar surface area (TPSA) is 48.5 Å². The average Bonchev–Trinajstić information content (AvgIpc) is 2.74. The van der Waals surface area contributed by atoms with Gasteiger partial charge in [0, 0.05) is 45.1 Å². The van der Waals surface area contributed by atoms with Crippen LogP contribution in [0.2, 0.25) is 0 Å². The Morgan fingerprint density at radius 3 is 2.59 bits per heavy atom. The van der Waals surface area contributed by atoms with Crippen LogP contribution in [0.3, 0.4) is 0 Å². The molecule has 1 aromatic heterocycles. The monoisotopic (exact) mass is 364 g/mol. The van der Waals surface area contributed by atoms with Gasteiger partial charge in [0.05, 0.1) is 6.04 Å². The van der Waals surface area contributed by atoms with Crippen LogP contribution in [0.1, 0.15) is 30.5 Å². The molecule has 1 unspecified atom stereocenters. The van der Waals surface area contributed by atoms with Gasteiger partial charge in [-0.1, -0.05) is 55.5 Å². The SMILES string of the molecule is CCC(NC(=O)N1CCN(CC=Cc2ccccc2)CC1)c1cccnc1. The summed E-state index contributed by atoms with van der Waals surface area (Å²) >= 11 is 0. The molecular formula is C22H28N4O. The van der Waals surface area contributed by atoms with Crippen molar-refractivity contribution in [3.63, 3.8) is 0 Å². The molecule has 1 aliphatic heterocycles. The molecule has 142 valence electrons. The van der Waals surface area contributed by atoms with E-state index in [0.29, 0.717) is 0 Å². The quantitative estimate of drug-likeness (QED) is 0.852. The van der Waals surface area contributed by atoms with Crippen molar-refractivity contribution in [3.8, 4) is 0 Å². The summed E-state index contributed by atoms with van der Waals surface area (Å²) in [5.41, 5.74) is 2.27. The molecule has 3 rings (SSSR count). The van der Waals surface area contributed by atoms with Crippen LogP contribution in [-0.4, -0.2) is 53.5 Å². The van der Waals surface area contributed by atoms with E-state index in [2.05, 4.69) is 46.4 Å². The predicted octanol–water partition coefficient (Wildman–Crippen LogP) is 3.57. The van der Waals surface area contributed by atoms with E-state index < -0.39 is 0 Å². The van der Waals surface area contributed by atoms with Crippen LogP contribution in [0.4, 0.5) is 4.79 Å². The number of aromatic nitrogens is 1. The van der Waals surface area contributed by atoms with E-state index in [9.17, 15) is 4.79 Å². The molecule has 2 amide bonds. The fourth-order valence-corrected chi connectivity index (χ4v) is 3.28. The lowest BCUT2D eigenvalue weighted by Crippen LogP contribution is -2.52. The number of pyridine rings is 1. The van der Waals surface area contributed by atoms with Crippen molar-refractivity contribution in [1.82, 2.24) is 20.1 Å². The van der Waals surface area contributed by atoms with Crippen molar-refractivity contribution in [1.29, 1.82) is 0 Å². The largest absolute Gasteiger partial charge is 0.331 e. The minimum absolute atomic E-state index is 0.0121. The first-order valence-corrected chi connectivity index (χ1v) is 9.65. The third-order valence-electron chi connectivity index (χ3n) is 4.93. The maximum atomic E-state index is 12.6. The highest BCUT2D eigenvalue weighted by Crippen LogP contribution is 2.16. The lowest BCUT2D eigenvalue weighted by molar-refractivity contribution is 0.144. The number of nitrogens with one attached hydrogen (secondary N) is 1. The Morgan fingerprint density at radius 1 is 1.15 bits per heavy atom. The molecule has 0 radical (unpaired) electrons. The second-order valence-corrected chi connectivity index (χ2v) is 6.80. The first-order chi connectivity index (χ1) is 13.3. The van der Waals surface area contributed by atoms with Gasteiger partial charge in [-0.25, -0.2) is 4.79 Å². The summed E-state index contributed by atoms with van der Waals surface area (Å²) in [6, 6.07) is 14.3. The number of benzene rings is 1. The second-order valence-electron chi connectivity index (χ2n) is 6.80. The molecule has 0 saturated carbocycles. The molecular weight excluding hydrogens is 336 g/mol. The Hall–Kier alpha value is -2.66. The van der Waals surface area contributed by atoms with Crippen LogP contribution in [0.25, 0.3) is 6.08 Å². The highest BCUT2D eigenvalue weighted by atomic mass is 16.2. The van der Waals surface area contributed by atoms with Crippen molar-refractivity contribution in [2.24, 2.45) is 0 Å². The smallest absolute Gasteiger partial charge is 0.317 e. The summed E-state index contributed by atoms with van der Waals surface area (Å²) < 4.78 is 0. The molecule has 5 nitrogen and oxygen atoms in total. The van der Waals surface area contributed by atoms with Crippen molar-refractivity contribution >= 4 is 12.1 Å². The molecule has 5 heteroatoms. The van der Waals surface area contributed by atoms with Crippen molar-refractivity contribution in [2.45, 2.75) is 19.4 Å². The van der Waals surface area contributed by atoms with Gasteiger partial charge < -0.3 is 10.2 Å². The van der Waals surface area contributed by atoms with Crippen LogP contribution < -0.4 is 5.32 Å². The summed E-state index contributed by atoms with van der Waals surface area (Å²) in [5.74, 6) is 0. The van der Waals surface area contributed by atoms with E-state index in [-0.39, 0.29) is 12.1 Å². The molecule has 1 aliphatic rings. The van der Waals surface area contributed by atoms with Gasteiger partial charge in [0.1, 0.15) is 0 Å². The zero-order chi connectivity index (χ0) is 18.9. The first kappa shape index (κ1) is 19.1. The molecule has 2 aromatic rings. The van der Waals surface area contributed by atoms with Crippen LogP contribution >= 0.6 is 0 Å². The Bertz CT molecular complexity index is 724. The summed E-state index contributed by atoms with van der Waals surface area (Å²) in [6.07, 6.45) is 8.77. The number of nitrogens with zero attached hydrogens (tertiary/aromatic N) is 3. The Morgan fingerprint density at radius 2 is 1.93 bits per heavy atom. The summed E-state index contributed by atoms with van der Waals surface area (Å²) in [4.78, 5) is 21.1.